The summed E-state index contributed by atoms with van der Waals surface area (Å²) in [7, 11) is 0. The van der Waals surface area contributed by atoms with Crippen LogP contribution in [-0.2, 0) is 0 Å². The maximum atomic E-state index is 2.44. The van der Waals surface area contributed by atoms with Crippen molar-refractivity contribution in [2.75, 3.05) is 0 Å². The number of halogens is 2. The predicted molar refractivity (Wildman–Crippen MR) is 76.5 cm³/mol. The zero-order valence-electron chi connectivity index (χ0n) is 10.6. The molecule has 0 aromatic rings. The number of hydrogen-bond acceptors (Lipinski definition) is 0. The first-order valence-corrected chi connectivity index (χ1v) is 5.96. The molecular weight excluding hydrogens is 227 g/mol. The van der Waals surface area contributed by atoms with E-state index in [1.165, 1.54) is 51.4 Å². The Hall–Kier alpha value is 0.320. The molecule has 0 aromatic carbocycles. The fourth-order valence-corrected chi connectivity index (χ4v) is 1.50. The Labute approximate surface area is 109 Å². The zero-order valence-corrected chi connectivity index (χ0v) is 12.2. The van der Waals surface area contributed by atoms with Crippen LogP contribution < -0.4 is 0 Å². The van der Waals surface area contributed by atoms with Gasteiger partial charge >= 0.3 is 0 Å². The molecule has 0 heterocycles. The Morgan fingerprint density at radius 2 is 1.40 bits per heavy atom. The largest absolute Gasteiger partial charge is 0.147 e. The van der Waals surface area contributed by atoms with Crippen molar-refractivity contribution in [3.8, 4) is 0 Å². The highest BCUT2D eigenvalue weighted by atomic mass is 35.5. The lowest BCUT2D eigenvalue weighted by molar-refractivity contribution is 0.700. The van der Waals surface area contributed by atoms with E-state index in [0.717, 1.165) is 0 Å². The molecule has 0 atom stereocenters. The molecule has 0 aliphatic rings. The lowest BCUT2D eigenvalue weighted by Crippen LogP contribution is -1.80. The van der Waals surface area contributed by atoms with Crippen molar-refractivity contribution in [1.29, 1.82) is 0 Å². The summed E-state index contributed by atoms with van der Waals surface area (Å²) >= 11 is 0. The van der Waals surface area contributed by atoms with Gasteiger partial charge in [-0.1, -0.05) is 51.2 Å². The van der Waals surface area contributed by atoms with E-state index in [9.17, 15) is 0 Å². The smallest absolute Gasteiger partial charge is 0.0323 e. The molecule has 0 fully saturated rings. The second-order valence-electron chi connectivity index (χ2n) is 4.00. The normalized spacial score (nSPS) is 10.5. The summed E-state index contributed by atoms with van der Waals surface area (Å²) in [5.41, 5.74) is 1.60. The van der Waals surface area contributed by atoms with E-state index in [-0.39, 0.29) is 24.8 Å². The highest BCUT2D eigenvalue weighted by Gasteiger charge is 1.90. The summed E-state index contributed by atoms with van der Waals surface area (Å²) in [4.78, 5) is 0. The van der Waals surface area contributed by atoms with Crippen molar-refractivity contribution >= 4 is 24.8 Å². The van der Waals surface area contributed by atoms with E-state index < -0.39 is 0 Å². The van der Waals surface area contributed by atoms with Crippen LogP contribution in [-0.4, -0.2) is 0 Å². The third-order valence-electron chi connectivity index (χ3n) is 2.48. The van der Waals surface area contributed by atoms with Crippen LogP contribution in [0.3, 0.4) is 0 Å². The molecule has 0 aromatic heterocycles. The monoisotopic (exact) mass is 254 g/mol. The molecule has 2 heteroatoms. The summed E-state index contributed by atoms with van der Waals surface area (Å²) < 4.78 is 0. The number of allylic oxidation sites excluding steroid dienone is 2. The molecule has 0 aliphatic carbocycles. The summed E-state index contributed by atoms with van der Waals surface area (Å²) in [6.07, 6.45) is 13.3. The Morgan fingerprint density at radius 3 is 1.93 bits per heavy atom. The van der Waals surface area contributed by atoms with Crippen LogP contribution in [0.25, 0.3) is 0 Å². The molecule has 0 nitrogen and oxygen atoms in total. The van der Waals surface area contributed by atoms with E-state index in [0.29, 0.717) is 0 Å². The van der Waals surface area contributed by atoms with Gasteiger partial charge in [-0.25, -0.2) is 0 Å². The Kier molecular flexibility index (Phi) is 23.1. The fraction of sp³-hybridized carbons (Fsp3) is 0.846. The van der Waals surface area contributed by atoms with Gasteiger partial charge in [-0.15, -0.1) is 24.8 Å². The number of hydrogen-bond donors (Lipinski definition) is 0. The molecule has 0 aliphatic heterocycles. The first-order valence-electron chi connectivity index (χ1n) is 5.96. The SMILES string of the molecule is CCCCCC=C(C)CCCCC.Cl.Cl. The molecule has 0 bridgehead atoms. The summed E-state index contributed by atoms with van der Waals surface area (Å²) in [5.74, 6) is 0. The van der Waals surface area contributed by atoms with Gasteiger partial charge in [0.2, 0.25) is 0 Å². The maximum Gasteiger partial charge on any atom is -0.0323 e. The minimum atomic E-state index is 0. The van der Waals surface area contributed by atoms with Crippen molar-refractivity contribution in [3.63, 3.8) is 0 Å². The molecule has 0 spiro atoms. The molecule has 0 radical (unpaired) electrons. The summed E-state index contributed by atoms with van der Waals surface area (Å²) in [6, 6.07) is 0. The first kappa shape index (κ1) is 20.7. The van der Waals surface area contributed by atoms with Crippen molar-refractivity contribution in [2.45, 2.75) is 72.1 Å². The summed E-state index contributed by atoms with van der Waals surface area (Å²) in [6.45, 7) is 6.81. The molecule has 94 valence electrons. The highest BCUT2D eigenvalue weighted by Crippen LogP contribution is 2.10. The van der Waals surface area contributed by atoms with Crippen molar-refractivity contribution < 1.29 is 0 Å². The lowest BCUT2D eigenvalue weighted by Gasteiger charge is -2.00. The van der Waals surface area contributed by atoms with Gasteiger partial charge in [0.15, 0.2) is 0 Å². The van der Waals surface area contributed by atoms with Gasteiger partial charge < -0.3 is 0 Å². The molecule has 0 saturated carbocycles. The standard InChI is InChI=1S/C13H26.2ClH/c1-4-6-8-10-12-13(3)11-9-7-5-2;;/h12H,4-11H2,1-3H3;2*1H. The van der Waals surface area contributed by atoms with E-state index in [1.54, 1.807) is 5.57 Å². The zero-order chi connectivity index (χ0) is 9.94. The highest BCUT2D eigenvalue weighted by molar-refractivity contribution is 5.85. The first-order chi connectivity index (χ1) is 6.31. The summed E-state index contributed by atoms with van der Waals surface area (Å²) in [5, 5.41) is 0. The Morgan fingerprint density at radius 1 is 0.867 bits per heavy atom. The third-order valence-corrected chi connectivity index (χ3v) is 2.48. The quantitative estimate of drug-likeness (QED) is 0.372. The predicted octanol–water partition coefficient (Wildman–Crippen LogP) is 5.94. The molecule has 0 unspecified atom stereocenters. The van der Waals surface area contributed by atoms with E-state index in [2.05, 4.69) is 26.8 Å². The van der Waals surface area contributed by atoms with Gasteiger partial charge in [-0.2, -0.15) is 0 Å². The minimum Gasteiger partial charge on any atom is -0.147 e. The van der Waals surface area contributed by atoms with Gasteiger partial charge in [-0.05, 0) is 32.6 Å². The van der Waals surface area contributed by atoms with E-state index in [1.807, 2.05) is 0 Å². The van der Waals surface area contributed by atoms with Gasteiger partial charge in [0.05, 0.1) is 0 Å². The van der Waals surface area contributed by atoms with Gasteiger partial charge in [-0.3, -0.25) is 0 Å². The lowest BCUT2D eigenvalue weighted by atomic mass is 10.1. The number of unbranched alkanes of at least 4 members (excludes halogenated alkanes) is 5. The Bertz CT molecular complexity index is 130. The van der Waals surface area contributed by atoms with Gasteiger partial charge in [0, 0.05) is 0 Å². The Balaban J connectivity index is -0.000000720. The molecular formula is C13H28Cl2. The molecule has 0 amide bonds. The third kappa shape index (κ3) is 17.0. The number of rotatable bonds is 8. The second-order valence-corrected chi connectivity index (χ2v) is 4.00. The van der Waals surface area contributed by atoms with Crippen LogP contribution in [0.5, 0.6) is 0 Å². The van der Waals surface area contributed by atoms with Crippen LogP contribution >= 0.6 is 24.8 Å². The fourth-order valence-electron chi connectivity index (χ4n) is 1.50. The minimum absolute atomic E-state index is 0. The van der Waals surface area contributed by atoms with E-state index >= 15 is 0 Å². The molecule has 15 heavy (non-hydrogen) atoms. The average Bonchev–Trinajstić information content (AvgIpc) is 2.13. The van der Waals surface area contributed by atoms with Crippen LogP contribution in [0.15, 0.2) is 11.6 Å². The van der Waals surface area contributed by atoms with E-state index in [4.69, 9.17) is 0 Å². The molecule has 0 rings (SSSR count). The topological polar surface area (TPSA) is 0 Å². The van der Waals surface area contributed by atoms with Gasteiger partial charge in [0.25, 0.3) is 0 Å². The van der Waals surface area contributed by atoms with Crippen molar-refractivity contribution in [1.82, 2.24) is 0 Å². The maximum absolute atomic E-state index is 2.44. The van der Waals surface area contributed by atoms with Crippen molar-refractivity contribution in [3.05, 3.63) is 11.6 Å². The molecule has 0 saturated heterocycles. The van der Waals surface area contributed by atoms with Crippen LogP contribution in [0.4, 0.5) is 0 Å². The van der Waals surface area contributed by atoms with Gasteiger partial charge in [0.1, 0.15) is 0 Å². The van der Waals surface area contributed by atoms with Crippen LogP contribution in [0, 0.1) is 0 Å². The molecule has 0 N–H and O–H groups in total. The average molecular weight is 255 g/mol. The second kappa shape index (κ2) is 16.7. The van der Waals surface area contributed by atoms with Crippen molar-refractivity contribution in [2.24, 2.45) is 0 Å². The van der Waals surface area contributed by atoms with Crippen LogP contribution in [0.1, 0.15) is 72.1 Å². The van der Waals surface area contributed by atoms with Crippen LogP contribution in [0.2, 0.25) is 0 Å².